The normalized spacial score (nSPS) is 34.2. The van der Waals surface area contributed by atoms with Crippen molar-refractivity contribution in [2.24, 2.45) is 0 Å². The van der Waals surface area contributed by atoms with Crippen LogP contribution >= 0.6 is 12.6 Å². The molecule has 0 aromatic heterocycles. The molecule has 0 spiro atoms. The number of rotatable bonds is 1. The second-order valence-electron chi connectivity index (χ2n) is 2.29. The molecule has 1 rings (SSSR count). The quantitative estimate of drug-likeness (QED) is 0.413. The average Bonchev–Trinajstić information content (AvgIpc) is 2.35. The SMILES string of the molecule is CCS.OC[C@H]1O[CH][C@@H](O)[C@@H]1O. The van der Waals surface area contributed by atoms with E-state index >= 15 is 0 Å². The van der Waals surface area contributed by atoms with Crippen LogP contribution in [0.15, 0.2) is 0 Å². The molecular formula is C7H15O4S. The molecule has 0 unspecified atom stereocenters. The van der Waals surface area contributed by atoms with Gasteiger partial charge in [-0.05, 0) is 5.75 Å². The zero-order valence-corrected chi connectivity index (χ0v) is 7.82. The molecule has 1 aliphatic rings. The van der Waals surface area contributed by atoms with Crippen LogP contribution in [0.4, 0.5) is 0 Å². The first-order chi connectivity index (χ1) is 5.67. The molecule has 1 radical (unpaired) electrons. The van der Waals surface area contributed by atoms with Crippen molar-refractivity contribution in [3.05, 3.63) is 6.61 Å². The molecule has 73 valence electrons. The summed E-state index contributed by atoms with van der Waals surface area (Å²) in [6, 6.07) is 0. The van der Waals surface area contributed by atoms with E-state index in [1.165, 1.54) is 0 Å². The first-order valence-electron chi connectivity index (χ1n) is 3.74. The third-order valence-electron chi connectivity index (χ3n) is 1.30. The van der Waals surface area contributed by atoms with Crippen LogP contribution in [0.5, 0.6) is 0 Å². The summed E-state index contributed by atoms with van der Waals surface area (Å²) < 4.78 is 4.65. The number of hydrogen-bond donors (Lipinski definition) is 4. The summed E-state index contributed by atoms with van der Waals surface area (Å²) in [5, 5.41) is 26.1. The van der Waals surface area contributed by atoms with Crippen LogP contribution < -0.4 is 0 Å². The van der Waals surface area contributed by atoms with Gasteiger partial charge < -0.3 is 20.1 Å². The van der Waals surface area contributed by atoms with E-state index in [1.807, 2.05) is 6.92 Å². The van der Waals surface area contributed by atoms with Crippen molar-refractivity contribution in [2.75, 3.05) is 12.4 Å². The zero-order valence-electron chi connectivity index (χ0n) is 6.92. The third kappa shape index (κ3) is 3.73. The highest BCUT2D eigenvalue weighted by molar-refractivity contribution is 7.80. The fraction of sp³-hybridized carbons (Fsp3) is 0.857. The summed E-state index contributed by atoms with van der Waals surface area (Å²) in [5.41, 5.74) is 0. The second kappa shape index (κ2) is 6.68. The van der Waals surface area contributed by atoms with Gasteiger partial charge in [-0.25, -0.2) is 0 Å². The second-order valence-corrected chi connectivity index (χ2v) is 2.92. The Kier molecular flexibility index (Phi) is 6.78. The summed E-state index contributed by atoms with van der Waals surface area (Å²) in [5.74, 6) is 0.944. The Balaban J connectivity index is 0.000000354. The van der Waals surface area contributed by atoms with Crippen LogP contribution in [-0.2, 0) is 4.74 Å². The number of hydrogen-bond acceptors (Lipinski definition) is 5. The van der Waals surface area contributed by atoms with Gasteiger partial charge in [0, 0.05) is 0 Å². The van der Waals surface area contributed by atoms with Crippen molar-refractivity contribution in [2.45, 2.75) is 25.2 Å². The van der Waals surface area contributed by atoms with Crippen LogP contribution in [0.25, 0.3) is 0 Å². The minimum absolute atomic E-state index is 0.269. The van der Waals surface area contributed by atoms with E-state index in [4.69, 9.17) is 15.3 Å². The van der Waals surface area contributed by atoms with Crippen molar-refractivity contribution in [3.63, 3.8) is 0 Å². The van der Waals surface area contributed by atoms with Gasteiger partial charge in [-0.1, -0.05) is 6.92 Å². The summed E-state index contributed by atoms with van der Waals surface area (Å²) >= 11 is 3.79. The lowest BCUT2D eigenvalue weighted by atomic mass is 10.2. The van der Waals surface area contributed by atoms with Crippen molar-refractivity contribution >= 4 is 12.6 Å². The molecule has 3 N–H and O–H groups in total. The predicted molar refractivity (Wildman–Crippen MR) is 47.8 cm³/mol. The van der Waals surface area contributed by atoms with Crippen LogP contribution in [0, 0.1) is 6.61 Å². The van der Waals surface area contributed by atoms with Gasteiger partial charge in [0.25, 0.3) is 0 Å². The third-order valence-corrected chi connectivity index (χ3v) is 1.30. The number of thiol groups is 1. The predicted octanol–water partition coefficient (Wildman–Crippen LogP) is -0.803. The van der Waals surface area contributed by atoms with Gasteiger partial charge in [0.1, 0.15) is 24.9 Å². The molecule has 5 heteroatoms. The number of aliphatic hydroxyl groups excluding tert-OH is 3. The summed E-state index contributed by atoms with van der Waals surface area (Å²) in [6.45, 7) is 2.84. The summed E-state index contributed by atoms with van der Waals surface area (Å²) in [4.78, 5) is 0. The molecule has 1 saturated heterocycles. The van der Waals surface area contributed by atoms with E-state index in [0.717, 1.165) is 12.4 Å². The smallest absolute Gasteiger partial charge is 0.115 e. The molecule has 0 amide bonds. The minimum Gasteiger partial charge on any atom is -0.394 e. The van der Waals surface area contributed by atoms with Crippen molar-refractivity contribution in [3.8, 4) is 0 Å². The largest absolute Gasteiger partial charge is 0.394 e. The lowest BCUT2D eigenvalue weighted by Gasteiger charge is -2.10. The highest BCUT2D eigenvalue weighted by Crippen LogP contribution is 2.16. The molecule has 3 atom stereocenters. The molecule has 0 aromatic rings. The van der Waals surface area contributed by atoms with Crippen LogP contribution in [0.3, 0.4) is 0 Å². The Morgan fingerprint density at radius 3 is 2.17 bits per heavy atom. The molecular weight excluding hydrogens is 180 g/mol. The zero-order chi connectivity index (χ0) is 9.56. The lowest BCUT2D eigenvalue weighted by molar-refractivity contribution is -0.00317. The van der Waals surface area contributed by atoms with E-state index in [-0.39, 0.29) is 6.61 Å². The van der Waals surface area contributed by atoms with E-state index < -0.39 is 18.3 Å². The monoisotopic (exact) mass is 195 g/mol. The molecule has 0 saturated carbocycles. The van der Waals surface area contributed by atoms with Gasteiger partial charge in [0.2, 0.25) is 0 Å². The molecule has 1 aliphatic heterocycles. The first kappa shape index (κ1) is 12.2. The molecule has 0 aliphatic carbocycles. The molecule has 1 heterocycles. The Bertz CT molecular complexity index is 112. The maximum absolute atomic E-state index is 8.89. The van der Waals surface area contributed by atoms with Crippen LogP contribution in [-0.4, -0.2) is 46.0 Å². The fourth-order valence-corrected chi connectivity index (χ4v) is 0.713. The highest BCUT2D eigenvalue weighted by Gasteiger charge is 2.34. The van der Waals surface area contributed by atoms with Gasteiger partial charge in [-0.3, -0.25) is 0 Å². The van der Waals surface area contributed by atoms with E-state index in [9.17, 15) is 0 Å². The summed E-state index contributed by atoms with van der Waals surface area (Å²) in [6.07, 6.45) is -2.59. The van der Waals surface area contributed by atoms with E-state index in [0.29, 0.717) is 0 Å². The van der Waals surface area contributed by atoms with Gasteiger partial charge in [0.15, 0.2) is 0 Å². The van der Waals surface area contributed by atoms with Crippen LogP contribution in [0.2, 0.25) is 0 Å². The van der Waals surface area contributed by atoms with Gasteiger partial charge in [-0.15, -0.1) is 0 Å². The molecule has 0 aromatic carbocycles. The summed E-state index contributed by atoms with van der Waals surface area (Å²) in [7, 11) is 0. The van der Waals surface area contributed by atoms with Gasteiger partial charge in [0.05, 0.1) is 6.61 Å². The average molecular weight is 195 g/mol. The van der Waals surface area contributed by atoms with Crippen LogP contribution in [0.1, 0.15) is 6.92 Å². The van der Waals surface area contributed by atoms with Crippen molar-refractivity contribution in [1.29, 1.82) is 0 Å². The Morgan fingerprint density at radius 2 is 2.00 bits per heavy atom. The topological polar surface area (TPSA) is 69.9 Å². The Labute approximate surface area is 77.6 Å². The fourth-order valence-electron chi connectivity index (χ4n) is 0.713. The standard InChI is InChI=1S/C5H9O4.C2H6S/c6-1-4-5(8)3(7)2-9-4;1-2-3/h2-8H,1H2;3H,2H2,1H3/t3-,4-,5+;/m1./s1. The van der Waals surface area contributed by atoms with E-state index in [2.05, 4.69) is 17.4 Å². The molecule has 4 nitrogen and oxygen atoms in total. The van der Waals surface area contributed by atoms with Gasteiger partial charge in [-0.2, -0.15) is 12.6 Å². The maximum Gasteiger partial charge on any atom is 0.115 e. The van der Waals surface area contributed by atoms with Gasteiger partial charge >= 0.3 is 0 Å². The Hall–Kier alpha value is 0.190. The number of aliphatic hydroxyl groups is 3. The first-order valence-corrected chi connectivity index (χ1v) is 4.37. The van der Waals surface area contributed by atoms with Crippen molar-refractivity contribution < 1.29 is 20.1 Å². The highest BCUT2D eigenvalue weighted by atomic mass is 32.1. The lowest BCUT2D eigenvalue weighted by Crippen LogP contribution is -2.31. The number of ether oxygens (including phenoxy) is 1. The molecule has 12 heavy (non-hydrogen) atoms. The Morgan fingerprint density at radius 1 is 1.50 bits per heavy atom. The van der Waals surface area contributed by atoms with Crippen molar-refractivity contribution in [1.82, 2.24) is 0 Å². The maximum atomic E-state index is 8.89. The minimum atomic E-state index is -0.977. The molecule has 0 bridgehead atoms. The van der Waals surface area contributed by atoms with E-state index in [1.54, 1.807) is 0 Å². The molecule has 1 fully saturated rings.